The number of para-hydroxylation sites is 1. The number of carboxylic acid groups (broad SMARTS) is 1. The number of fused-ring (bicyclic) bond motifs is 7. The molecule has 0 saturated heterocycles. The van der Waals surface area contributed by atoms with E-state index in [1.54, 1.807) is 6.07 Å². The van der Waals surface area contributed by atoms with Crippen molar-refractivity contribution in [2.45, 2.75) is 18.5 Å². The van der Waals surface area contributed by atoms with Crippen LogP contribution in [0.5, 0.6) is 0 Å². The Hall–Kier alpha value is -3.08. The molecule has 5 rings (SSSR count). The lowest BCUT2D eigenvalue weighted by molar-refractivity contribution is -0.143. The molecule has 1 amide bonds. The Morgan fingerprint density at radius 3 is 2.71 bits per heavy atom. The monoisotopic (exact) mass is 318 g/mol. The van der Waals surface area contributed by atoms with Crippen LogP contribution in [0.4, 0.5) is 0 Å². The number of hydrogen-bond acceptors (Lipinski definition) is 2. The molecule has 118 valence electrons. The van der Waals surface area contributed by atoms with Crippen molar-refractivity contribution in [1.82, 2.24) is 9.88 Å². The number of aliphatic carboxylic acids is 1. The number of carbonyl (C=O) groups is 2. The highest BCUT2D eigenvalue weighted by Crippen LogP contribution is 2.46. The Morgan fingerprint density at radius 2 is 1.88 bits per heavy atom. The molecule has 0 radical (unpaired) electrons. The second-order valence-electron chi connectivity index (χ2n) is 6.32. The summed E-state index contributed by atoms with van der Waals surface area (Å²) in [5.41, 5.74) is 4.39. The van der Waals surface area contributed by atoms with E-state index in [4.69, 9.17) is 0 Å². The van der Waals surface area contributed by atoms with Gasteiger partial charge in [-0.05, 0) is 23.3 Å². The minimum atomic E-state index is -0.961. The molecule has 0 saturated carbocycles. The second kappa shape index (κ2) is 4.47. The number of H-pyrrole nitrogens is 1. The highest BCUT2D eigenvalue weighted by molar-refractivity contribution is 6.03. The van der Waals surface area contributed by atoms with Crippen LogP contribution >= 0.6 is 0 Å². The Kier molecular flexibility index (Phi) is 2.49. The van der Waals surface area contributed by atoms with Crippen molar-refractivity contribution in [3.05, 3.63) is 70.9 Å². The van der Waals surface area contributed by atoms with Gasteiger partial charge in [0.2, 0.25) is 0 Å². The van der Waals surface area contributed by atoms with E-state index in [2.05, 4.69) is 4.98 Å². The van der Waals surface area contributed by atoms with Gasteiger partial charge in [-0.1, -0.05) is 36.4 Å². The predicted molar refractivity (Wildman–Crippen MR) is 87.9 cm³/mol. The molecule has 24 heavy (non-hydrogen) atoms. The van der Waals surface area contributed by atoms with Gasteiger partial charge in [0, 0.05) is 28.6 Å². The number of carbonyl (C=O) groups excluding carboxylic acids is 1. The third kappa shape index (κ3) is 1.53. The van der Waals surface area contributed by atoms with E-state index in [0.717, 1.165) is 27.7 Å². The van der Waals surface area contributed by atoms with Gasteiger partial charge in [0.1, 0.15) is 6.04 Å². The maximum absolute atomic E-state index is 12.8. The number of nitrogens with zero attached hydrogens (tertiary/aromatic N) is 1. The molecular weight excluding hydrogens is 304 g/mol. The summed E-state index contributed by atoms with van der Waals surface area (Å²) in [4.78, 5) is 29.6. The summed E-state index contributed by atoms with van der Waals surface area (Å²) in [6, 6.07) is 14.1. The number of hydrogen-bond donors (Lipinski definition) is 2. The number of benzene rings is 2. The van der Waals surface area contributed by atoms with Crippen LogP contribution in [0.15, 0.2) is 48.5 Å². The highest BCUT2D eigenvalue weighted by atomic mass is 16.4. The van der Waals surface area contributed by atoms with E-state index in [0.29, 0.717) is 12.0 Å². The Labute approximate surface area is 137 Å². The SMILES string of the molecule is O=C(O)[C@@H]1Cc2c([nH]c3ccccc23)[C@@H]2c3ccccc3C(=O)N21. The van der Waals surface area contributed by atoms with Gasteiger partial charge in [0.25, 0.3) is 5.91 Å². The summed E-state index contributed by atoms with van der Waals surface area (Å²) in [6.07, 6.45) is 0.324. The summed E-state index contributed by atoms with van der Waals surface area (Å²) in [6.45, 7) is 0. The lowest BCUT2D eigenvalue weighted by Gasteiger charge is -2.35. The topological polar surface area (TPSA) is 73.4 Å². The van der Waals surface area contributed by atoms with Crippen molar-refractivity contribution in [2.75, 3.05) is 0 Å². The van der Waals surface area contributed by atoms with Gasteiger partial charge in [0.15, 0.2) is 0 Å². The predicted octanol–water partition coefficient (Wildman–Crippen LogP) is 2.72. The zero-order valence-corrected chi connectivity index (χ0v) is 12.7. The van der Waals surface area contributed by atoms with E-state index < -0.39 is 12.0 Å². The van der Waals surface area contributed by atoms with Gasteiger partial charge in [0.05, 0.1) is 6.04 Å². The first-order chi connectivity index (χ1) is 11.7. The summed E-state index contributed by atoms with van der Waals surface area (Å²) >= 11 is 0. The zero-order chi connectivity index (χ0) is 16.4. The quantitative estimate of drug-likeness (QED) is 0.724. The molecule has 3 aromatic rings. The van der Waals surface area contributed by atoms with Crippen LogP contribution in [0.25, 0.3) is 10.9 Å². The summed E-state index contributed by atoms with van der Waals surface area (Å²) in [5.74, 6) is -1.16. The van der Waals surface area contributed by atoms with Crippen molar-refractivity contribution in [3.8, 4) is 0 Å². The van der Waals surface area contributed by atoms with Gasteiger partial charge in [-0.2, -0.15) is 0 Å². The molecule has 2 aliphatic heterocycles. The van der Waals surface area contributed by atoms with Crippen molar-refractivity contribution >= 4 is 22.8 Å². The number of carboxylic acids is 1. The lowest BCUT2D eigenvalue weighted by Crippen LogP contribution is -2.48. The summed E-state index contributed by atoms with van der Waals surface area (Å²) in [7, 11) is 0. The molecule has 2 aromatic carbocycles. The first kappa shape index (κ1) is 13.4. The van der Waals surface area contributed by atoms with Crippen molar-refractivity contribution in [2.24, 2.45) is 0 Å². The molecule has 2 atom stereocenters. The van der Waals surface area contributed by atoms with E-state index >= 15 is 0 Å². The minimum absolute atomic E-state index is 0.202. The van der Waals surface area contributed by atoms with Crippen LogP contribution in [-0.4, -0.2) is 32.9 Å². The minimum Gasteiger partial charge on any atom is -0.480 e. The van der Waals surface area contributed by atoms with Crippen molar-refractivity contribution in [3.63, 3.8) is 0 Å². The van der Waals surface area contributed by atoms with E-state index in [1.807, 2.05) is 42.5 Å². The Bertz CT molecular complexity index is 1020. The molecule has 0 unspecified atom stereocenters. The fourth-order valence-corrected chi connectivity index (χ4v) is 4.12. The average molecular weight is 318 g/mol. The van der Waals surface area contributed by atoms with Gasteiger partial charge in [-0.3, -0.25) is 4.79 Å². The van der Waals surface area contributed by atoms with Crippen LogP contribution in [0.1, 0.15) is 33.2 Å². The van der Waals surface area contributed by atoms with Crippen LogP contribution in [-0.2, 0) is 11.2 Å². The van der Waals surface area contributed by atoms with Crippen LogP contribution in [0.3, 0.4) is 0 Å². The normalized spacial score (nSPS) is 21.5. The van der Waals surface area contributed by atoms with Gasteiger partial charge >= 0.3 is 5.97 Å². The number of aromatic amines is 1. The third-order valence-corrected chi connectivity index (χ3v) is 5.14. The largest absolute Gasteiger partial charge is 0.480 e. The third-order valence-electron chi connectivity index (χ3n) is 5.14. The number of nitrogens with one attached hydrogen (secondary N) is 1. The van der Waals surface area contributed by atoms with Crippen LogP contribution < -0.4 is 0 Å². The van der Waals surface area contributed by atoms with E-state index in [9.17, 15) is 14.7 Å². The molecular formula is C19H14N2O3. The first-order valence-corrected chi connectivity index (χ1v) is 7.90. The second-order valence-corrected chi connectivity index (χ2v) is 6.32. The molecule has 0 fully saturated rings. The van der Waals surface area contributed by atoms with Crippen molar-refractivity contribution in [1.29, 1.82) is 0 Å². The maximum atomic E-state index is 12.8. The molecule has 2 aliphatic rings. The van der Waals surface area contributed by atoms with Gasteiger partial charge in [-0.15, -0.1) is 0 Å². The molecule has 5 nitrogen and oxygen atoms in total. The molecule has 1 aromatic heterocycles. The first-order valence-electron chi connectivity index (χ1n) is 7.90. The molecule has 3 heterocycles. The van der Waals surface area contributed by atoms with Gasteiger partial charge < -0.3 is 15.0 Å². The number of amides is 1. The molecule has 0 spiro atoms. The molecule has 0 bridgehead atoms. The fraction of sp³-hybridized carbons (Fsp3) is 0.158. The summed E-state index contributed by atoms with van der Waals surface area (Å²) in [5, 5.41) is 10.8. The average Bonchev–Trinajstić information content (AvgIpc) is 3.11. The van der Waals surface area contributed by atoms with Crippen LogP contribution in [0.2, 0.25) is 0 Å². The lowest BCUT2D eigenvalue weighted by atomic mass is 9.90. The number of aromatic nitrogens is 1. The molecule has 2 N–H and O–H groups in total. The highest BCUT2D eigenvalue weighted by Gasteiger charge is 2.48. The Morgan fingerprint density at radius 1 is 1.12 bits per heavy atom. The van der Waals surface area contributed by atoms with E-state index in [1.165, 1.54) is 4.90 Å². The van der Waals surface area contributed by atoms with E-state index in [-0.39, 0.29) is 11.9 Å². The van der Waals surface area contributed by atoms with Crippen LogP contribution in [0, 0.1) is 0 Å². The fourth-order valence-electron chi connectivity index (χ4n) is 4.12. The number of rotatable bonds is 1. The van der Waals surface area contributed by atoms with Gasteiger partial charge in [-0.25, -0.2) is 4.79 Å². The van der Waals surface area contributed by atoms with Crippen molar-refractivity contribution < 1.29 is 14.7 Å². The smallest absolute Gasteiger partial charge is 0.326 e. The molecule has 0 aliphatic carbocycles. The summed E-state index contributed by atoms with van der Waals surface area (Å²) < 4.78 is 0. The zero-order valence-electron chi connectivity index (χ0n) is 12.7. The Balaban J connectivity index is 1.83. The maximum Gasteiger partial charge on any atom is 0.326 e. The molecule has 5 heteroatoms. The standard InChI is InChI=1S/C19H14N2O3/c22-18-12-7-2-1-6-11(12)17-16-13(9-15(19(23)24)21(17)18)10-5-3-4-8-14(10)20-16/h1-8,15,17,20H,9H2,(H,23,24)/t15-,17-/m0/s1.